The number of amides is 1. The van der Waals surface area contributed by atoms with Crippen molar-refractivity contribution < 1.29 is 9.59 Å². The molecule has 1 aliphatic heterocycles. The van der Waals surface area contributed by atoms with E-state index in [2.05, 4.69) is 25.8 Å². The summed E-state index contributed by atoms with van der Waals surface area (Å²) in [5, 5.41) is -0.0107. The second kappa shape index (κ2) is 3.85. The molecular weight excluding hydrogens is 266 g/mol. The number of nitrogens with zero attached hydrogens (tertiary/aromatic N) is 1. The summed E-state index contributed by atoms with van der Waals surface area (Å²) in [6.45, 7) is 6.67. The smallest absolute Gasteiger partial charge is 0.257 e. The third-order valence-electron chi connectivity index (χ3n) is 5.23. The van der Waals surface area contributed by atoms with Crippen molar-refractivity contribution in [1.29, 1.82) is 0 Å². The molecule has 1 heterocycles. The first kappa shape index (κ1) is 12.7. The van der Waals surface area contributed by atoms with E-state index in [1.165, 1.54) is 23.5 Å². The Morgan fingerprint density at radius 3 is 2.56 bits per heavy atom. The number of thioether (sulfide) groups is 2. The predicted molar refractivity (Wildman–Crippen MR) is 75.9 cm³/mol. The van der Waals surface area contributed by atoms with Crippen LogP contribution in [0.5, 0.6) is 0 Å². The molecule has 2 fully saturated rings. The Balaban J connectivity index is 1.88. The minimum absolute atomic E-state index is 0.0107. The number of rotatable bonds is 1. The molecule has 1 amide bonds. The van der Waals surface area contributed by atoms with Gasteiger partial charge in [0.2, 0.25) is 0 Å². The molecule has 2 aliphatic carbocycles. The topological polar surface area (TPSA) is 46.5 Å². The molecule has 3 rings (SSSR count). The van der Waals surface area contributed by atoms with Gasteiger partial charge in [0.15, 0.2) is 0 Å². The zero-order chi connectivity index (χ0) is 13.1. The molecule has 3 aliphatic rings. The fourth-order valence-corrected chi connectivity index (χ4v) is 6.16. The van der Waals surface area contributed by atoms with E-state index in [1.54, 1.807) is 0 Å². The normalized spacial score (nSPS) is 41.6. The number of carbonyl (C=O) groups excluding carboxylic acids is 2. The second-order valence-corrected chi connectivity index (χ2v) is 8.51. The lowest BCUT2D eigenvalue weighted by molar-refractivity contribution is -0.122. The summed E-state index contributed by atoms with van der Waals surface area (Å²) < 4.78 is 0.794. The highest BCUT2D eigenvalue weighted by molar-refractivity contribution is 8.39. The Morgan fingerprint density at radius 2 is 2.06 bits per heavy atom. The third-order valence-corrected chi connectivity index (χ3v) is 7.88. The molecule has 3 nitrogen and oxygen atoms in total. The number of hydrogen-bond donors (Lipinski definition) is 0. The minimum Gasteiger partial charge on any atom is -0.298 e. The lowest BCUT2D eigenvalue weighted by atomic mass is 9.71. The van der Waals surface area contributed by atoms with Crippen molar-refractivity contribution >= 4 is 39.6 Å². The molecule has 0 aromatic heterocycles. The van der Waals surface area contributed by atoms with Crippen molar-refractivity contribution in [2.75, 3.05) is 5.75 Å². The number of fused-ring (bicyclic) bond motifs is 2. The highest BCUT2D eigenvalue weighted by Gasteiger charge is 2.66. The van der Waals surface area contributed by atoms with Crippen molar-refractivity contribution in [3.63, 3.8) is 0 Å². The van der Waals surface area contributed by atoms with Crippen LogP contribution in [0.1, 0.15) is 33.6 Å². The SMILES string of the molecule is CC1(C)[C@H]2CC[C@@]1(C)[C@@H](SC1=NC(=O)CS1)C2=O. The standard InChI is InChI=1S/C13H17NO2S2/c1-12(2)7-4-5-13(12,3)10(9(7)16)18-11-14-8(15)6-17-11/h7,10H,4-6H2,1-3H3/t7-,10-,13-/m0/s1. The average molecular weight is 283 g/mol. The zero-order valence-electron chi connectivity index (χ0n) is 10.9. The molecule has 0 saturated heterocycles. The Labute approximate surface area is 116 Å². The molecular formula is C13H17NO2S2. The largest absolute Gasteiger partial charge is 0.298 e. The van der Waals surface area contributed by atoms with E-state index >= 15 is 0 Å². The van der Waals surface area contributed by atoms with Crippen LogP contribution in [0.25, 0.3) is 0 Å². The molecule has 18 heavy (non-hydrogen) atoms. The number of aliphatic imine (C=N–C) groups is 1. The van der Waals surface area contributed by atoms with E-state index in [9.17, 15) is 9.59 Å². The van der Waals surface area contributed by atoms with Gasteiger partial charge in [-0.3, -0.25) is 9.59 Å². The van der Waals surface area contributed by atoms with Gasteiger partial charge in [0, 0.05) is 5.92 Å². The van der Waals surface area contributed by atoms with Gasteiger partial charge in [-0.1, -0.05) is 44.3 Å². The van der Waals surface area contributed by atoms with Gasteiger partial charge in [-0.2, -0.15) is 4.99 Å². The molecule has 0 N–H and O–H groups in total. The first-order valence-corrected chi connectivity index (χ1v) is 8.17. The van der Waals surface area contributed by atoms with E-state index in [4.69, 9.17) is 0 Å². The lowest BCUT2D eigenvalue weighted by Gasteiger charge is -2.37. The zero-order valence-corrected chi connectivity index (χ0v) is 12.5. The molecule has 3 atom stereocenters. The summed E-state index contributed by atoms with van der Waals surface area (Å²) in [6.07, 6.45) is 2.14. The minimum atomic E-state index is -0.0671. The quantitative estimate of drug-likeness (QED) is 0.742. The van der Waals surface area contributed by atoms with Gasteiger partial charge in [-0.25, -0.2) is 0 Å². The van der Waals surface area contributed by atoms with Gasteiger partial charge in [-0.15, -0.1) is 0 Å². The molecule has 98 valence electrons. The van der Waals surface area contributed by atoms with E-state index < -0.39 is 0 Å². The van der Waals surface area contributed by atoms with Crippen LogP contribution >= 0.6 is 23.5 Å². The fourth-order valence-electron chi connectivity index (χ4n) is 3.63. The van der Waals surface area contributed by atoms with Gasteiger partial charge in [-0.05, 0) is 23.7 Å². The fraction of sp³-hybridized carbons (Fsp3) is 0.769. The molecule has 0 spiro atoms. The van der Waals surface area contributed by atoms with Gasteiger partial charge in [0.25, 0.3) is 5.91 Å². The summed E-state index contributed by atoms with van der Waals surface area (Å²) in [6, 6.07) is 0. The maximum Gasteiger partial charge on any atom is 0.257 e. The summed E-state index contributed by atoms with van der Waals surface area (Å²) in [7, 11) is 0. The van der Waals surface area contributed by atoms with Gasteiger partial charge in [0.05, 0.1) is 11.0 Å². The van der Waals surface area contributed by atoms with Crippen LogP contribution in [-0.2, 0) is 9.59 Å². The summed E-state index contributed by atoms with van der Waals surface area (Å²) >= 11 is 3.01. The van der Waals surface area contributed by atoms with Gasteiger partial charge < -0.3 is 0 Å². The van der Waals surface area contributed by atoms with Crippen LogP contribution < -0.4 is 0 Å². The maximum absolute atomic E-state index is 12.5. The summed E-state index contributed by atoms with van der Waals surface area (Å²) in [4.78, 5) is 27.7. The molecule has 0 aromatic rings. The van der Waals surface area contributed by atoms with Crippen LogP contribution in [0.2, 0.25) is 0 Å². The van der Waals surface area contributed by atoms with E-state index in [0.717, 1.165) is 17.2 Å². The Bertz CT molecular complexity index is 472. The van der Waals surface area contributed by atoms with Gasteiger partial charge >= 0.3 is 0 Å². The van der Waals surface area contributed by atoms with Crippen molar-refractivity contribution in [1.82, 2.24) is 0 Å². The maximum atomic E-state index is 12.5. The summed E-state index contributed by atoms with van der Waals surface area (Å²) in [5.41, 5.74) is 0.129. The van der Waals surface area contributed by atoms with Crippen molar-refractivity contribution in [3.05, 3.63) is 0 Å². The Kier molecular flexibility index (Phi) is 2.73. The lowest BCUT2D eigenvalue weighted by Crippen LogP contribution is -2.36. The van der Waals surface area contributed by atoms with Crippen LogP contribution in [0, 0.1) is 16.7 Å². The molecule has 2 saturated carbocycles. The van der Waals surface area contributed by atoms with Crippen LogP contribution in [0.15, 0.2) is 4.99 Å². The summed E-state index contributed by atoms with van der Waals surface area (Å²) in [5.74, 6) is 0.943. The highest BCUT2D eigenvalue weighted by atomic mass is 32.2. The predicted octanol–water partition coefficient (Wildman–Crippen LogP) is 2.74. The number of hydrogen-bond acceptors (Lipinski definition) is 4. The number of carbonyl (C=O) groups is 2. The van der Waals surface area contributed by atoms with Crippen molar-refractivity contribution in [3.8, 4) is 0 Å². The van der Waals surface area contributed by atoms with E-state index in [1.807, 2.05) is 0 Å². The average Bonchev–Trinajstić information content (AvgIpc) is 2.82. The van der Waals surface area contributed by atoms with Crippen molar-refractivity contribution in [2.24, 2.45) is 21.7 Å². The number of Topliss-reactive ketones (excluding diaryl/α,β-unsaturated/α-hetero) is 1. The van der Waals surface area contributed by atoms with Crippen LogP contribution in [-0.4, -0.2) is 27.1 Å². The monoisotopic (exact) mass is 283 g/mol. The Hall–Kier alpha value is -0.290. The first-order chi connectivity index (χ1) is 8.36. The Morgan fingerprint density at radius 1 is 1.33 bits per heavy atom. The second-order valence-electron chi connectivity index (χ2n) is 6.19. The molecule has 2 bridgehead atoms. The molecule has 0 aromatic carbocycles. The highest BCUT2D eigenvalue weighted by Crippen LogP contribution is 2.66. The first-order valence-electron chi connectivity index (χ1n) is 6.31. The molecule has 0 unspecified atom stereocenters. The van der Waals surface area contributed by atoms with Gasteiger partial charge in [0.1, 0.15) is 10.2 Å². The molecule has 5 heteroatoms. The third kappa shape index (κ3) is 1.49. The van der Waals surface area contributed by atoms with Crippen molar-refractivity contribution in [2.45, 2.75) is 38.9 Å². The van der Waals surface area contributed by atoms with E-state index in [0.29, 0.717) is 11.5 Å². The van der Waals surface area contributed by atoms with Crippen LogP contribution in [0.4, 0.5) is 0 Å². The van der Waals surface area contributed by atoms with E-state index in [-0.39, 0.29) is 27.9 Å². The van der Waals surface area contributed by atoms with Crippen LogP contribution in [0.3, 0.4) is 0 Å². The molecule has 0 radical (unpaired) electrons. The number of ketones is 1.